The van der Waals surface area contributed by atoms with Gasteiger partial charge in [0, 0.05) is 32.7 Å². The van der Waals surface area contributed by atoms with Crippen molar-refractivity contribution >= 4 is 6.29 Å². The van der Waals surface area contributed by atoms with Crippen molar-refractivity contribution < 1.29 is 37.5 Å². The predicted molar refractivity (Wildman–Crippen MR) is 35.9 cm³/mol. The first-order chi connectivity index (χ1) is 4.33. The Morgan fingerprint density at radius 2 is 2.40 bits per heavy atom. The van der Waals surface area contributed by atoms with Crippen LogP contribution >= 0.6 is 0 Å². The van der Waals surface area contributed by atoms with Gasteiger partial charge in [-0.25, -0.2) is 0 Å². The monoisotopic (exact) mass is 215 g/mol. The van der Waals surface area contributed by atoms with Crippen molar-refractivity contribution in [3.8, 4) is 0 Å². The molecule has 0 saturated carbocycles. The number of hydrogen-bond acceptors (Lipinski definition) is 2. The average Bonchev–Trinajstić information content (AvgIpc) is 2.17. The first kappa shape index (κ1) is 10.7. The van der Waals surface area contributed by atoms with Crippen LogP contribution in [0.3, 0.4) is 0 Å². The molecule has 0 bridgehead atoms. The maximum absolute atomic E-state index is 9.92. The molecule has 1 rings (SSSR count). The van der Waals surface area contributed by atoms with E-state index in [4.69, 9.17) is 0 Å². The fraction of sp³-hybridized carbons (Fsp3) is 0.857. The van der Waals surface area contributed by atoms with Crippen LogP contribution in [-0.4, -0.2) is 31.3 Å². The van der Waals surface area contributed by atoms with E-state index in [2.05, 4.69) is 11.9 Å². The van der Waals surface area contributed by atoms with Gasteiger partial charge in [0.05, 0.1) is 0 Å². The molecule has 10 heavy (non-hydrogen) atoms. The van der Waals surface area contributed by atoms with Gasteiger partial charge in [0.25, 0.3) is 0 Å². The molecule has 55 valence electrons. The van der Waals surface area contributed by atoms with E-state index in [1.54, 1.807) is 0 Å². The molecule has 0 amide bonds. The molecule has 1 radical (unpaired) electrons. The third-order valence-electron chi connectivity index (χ3n) is 1.86. The molecule has 0 aromatic rings. The second kappa shape index (κ2) is 5.39. The van der Waals surface area contributed by atoms with E-state index in [1.165, 1.54) is 6.42 Å². The van der Waals surface area contributed by atoms with Crippen LogP contribution in [0, 0.1) is 5.92 Å². The molecule has 1 heterocycles. The van der Waals surface area contributed by atoms with E-state index in [1.807, 2.05) is 6.29 Å². The van der Waals surface area contributed by atoms with Gasteiger partial charge in [0.2, 0.25) is 0 Å². The number of hydrogen-bond donors (Lipinski definition) is 0. The Hall–Kier alpha value is 0.734. The van der Waals surface area contributed by atoms with Crippen molar-refractivity contribution in [3.05, 3.63) is 0 Å². The van der Waals surface area contributed by atoms with E-state index in [9.17, 15) is 4.79 Å². The molecular formula is C7H12NOY-. The van der Waals surface area contributed by atoms with Crippen molar-refractivity contribution in [2.24, 2.45) is 5.92 Å². The molecule has 1 saturated heterocycles. The van der Waals surface area contributed by atoms with Crippen LogP contribution in [0.15, 0.2) is 0 Å². The van der Waals surface area contributed by atoms with Crippen molar-refractivity contribution in [1.29, 1.82) is 0 Å². The summed E-state index contributed by atoms with van der Waals surface area (Å²) in [5.41, 5.74) is 0. The zero-order valence-electron chi connectivity index (χ0n) is 6.34. The second-order valence-electron chi connectivity index (χ2n) is 2.77. The minimum Gasteiger partial charge on any atom is -0.542 e. The standard InChI is InChI=1S/C7H12NO.Y/c1-8-4-2-7(6-8)3-5-9;/h7H,2-4,6H2,1H3;/q-1;/t7-;/m1./s1. The largest absolute Gasteiger partial charge is 0.542 e. The minimum atomic E-state index is 0. The molecule has 0 aliphatic carbocycles. The van der Waals surface area contributed by atoms with Crippen LogP contribution in [0.1, 0.15) is 12.8 Å². The van der Waals surface area contributed by atoms with E-state index < -0.39 is 0 Å². The molecule has 0 N–H and O–H groups in total. The summed E-state index contributed by atoms with van der Waals surface area (Å²) in [6.45, 7) is 2.22. The third kappa shape index (κ3) is 3.22. The summed E-state index contributed by atoms with van der Waals surface area (Å²) in [6.07, 6.45) is 3.76. The fourth-order valence-electron chi connectivity index (χ4n) is 1.31. The van der Waals surface area contributed by atoms with Crippen molar-refractivity contribution in [2.75, 3.05) is 20.1 Å². The van der Waals surface area contributed by atoms with Gasteiger partial charge in [0.15, 0.2) is 0 Å². The summed E-state index contributed by atoms with van der Waals surface area (Å²) in [5, 5.41) is 0. The van der Waals surface area contributed by atoms with Crippen LogP contribution in [0.25, 0.3) is 0 Å². The van der Waals surface area contributed by atoms with Crippen LogP contribution in [0.4, 0.5) is 0 Å². The van der Waals surface area contributed by atoms with Crippen molar-refractivity contribution in [3.63, 3.8) is 0 Å². The van der Waals surface area contributed by atoms with Crippen LogP contribution in [0.2, 0.25) is 0 Å². The number of rotatable bonds is 2. The number of nitrogens with zero attached hydrogens (tertiary/aromatic N) is 1. The SMILES string of the molecule is CN1CC[C@H](C[C-]=O)C1.[Y]. The molecule has 2 nitrogen and oxygen atoms in total. The fourth-order valence-corrected chi connectivity index (χ4v) is 1.31. The Labute approximate surface area is 87.2 Å². The topological polar surface area (TPSA) is 20.3 Å². The van der Waals surface area contributed by atoms with E-state index in [-0.39, 0.29) is 32.7 Å². The van der Waals surface area contributed by atoms with E-state index >= 15 is 0 Å². The van der Waals surface area contributed by atoms with Gasteiger partial charge in [-0.15, -0.1) is 6.42 Å². The molecule has 0 unspecified atom stereocenters. The van der Waals surface area contributed by atoms with Crippen LogP contribution < -0.4 is 0 Å². The minimum absolute atomic E-state index is 0. The number of carbonyl (C=O) groups excluding carboxylic acids is 1. The molecule has 1 fully saturated rings. The Morgan fingerprint density at radius 1 is 1.70 bits per heavy atom. The zero-order chi connectivity index (χ0) is 6.69. The van der Waals surface area contributed by atoms with Gasteiger partial charge in [-0.05, 0) is 26.6 Å². The molecule has 3 heteroatoms. The Bertz CT molecular complexity index is 108. The van der Waals surface area contributed by atoms with Gasteiger partial charge in [-0.1, -0.05) is 5.92 Å². The maximum Gasteiger partial charge on any atom is 0 e. The normalized spacial score (nSPS) is 25.9. The maximum atomic E-state index is 9.92. The first-order valence-electron chi connectivity index (χ1n) is 3.36. The Kier molecular flexibility index (Phi) is 5.79. The van der Waals surface area contributed by atoms with Crippen LogP contribution in [-0.2, 0) is 37.5 Å². The second-order valence-corrected chi connectivity index (χ2v) is 2.77. The average molecular weight is 215 g/mol. The molecule has 1 aliphatic rings. The first-order valence-corrected chi connectivity index (χ1v) is 3.36. The van der Waals surface area contributed by atoms with E-state index in [0.717, 1.165) is 13.1 Å². The van der Waals surface area contributed by atoms with Gasteiger partial charge < -0.3 is 9.69 Å². The van der Waals surface area contributed by atoms with E-state index in [0.29, 0.717) is 12.3 Å². The summed E-state index contributed by atoms with van der Waals surface area (Å²) >= 11 is 0. The summed E-state index contributed by atoms with van der Waals surface area (Å²) in [4.78, 5) is 12.2. The van der Waals surface area contributed by atoms with Gasteiger partial charge in [0.1, 0.15) is 0 Å². The third-order valence-corrected chi connectivity index (χ3v) is 1.86. The smallest absolute Gasteiger partial charge is 0 e. The van der Waals surface area contributed by atoms with Crippen molar-refractivity contribution in [1.82, 2.24) is 4.90 Å². The summed E-state index contributed by atoms with van der Waals surface area (Å²) < 4.78 is 0. The predicted octanol–water partition coefficient (Wildman–Crippen LogP) is 0.435. The van der Waals surface area contributed by atoms with Gasteiger partial charge in [-0.2, -0.15) is 0 Å². The van der Waals surface area contributed by atoms with Gasteiger partial charge in [-0.3, -0.25) is 6.29 Å². The molecule has 0 aromatic heterocycles. The summed E-state index contributed by atoms with van der Waals surface area (Å²) in [6, 6.07) is 0. The Balaban J connectivity index is 0.000000810. The number of likely N-dealkylation sites (tertiary alicyclic amines) is 1. The quantitative estimate of drug-likeness (QED) is 0.623. The summed E-state index contributed by atoms with van der Waals surface area (Å²) in [5.74, 6) is 0.590. The molecule has 0 aromatic carbocycles. The molecular weight excluding hydrogens is 203 g/mol. The van der Waals surface area contributed by atoms with Gasteiger partial charge >= 0.3 is 0 Å². The molecule has 1 aliphatic heterocycles. The van der Waals surface area contributed by atoms with Crippen molar-refractivity contribution in [2.45, 2.75) is 12.8 Å². The molecule has 1 atom stereocenters. The zero-order valence-corrected chi connectivity index (χ0v) is 9.18. The summed E-state index contributed by atoms with van der Waals surface area (Å²) in [7, 11) is 2.09. The van der Waals surface area contributed by atoms with Crippen LogP contribution in [0.5, 0.6) is 0 Å². The Morgan fingerprint density at radius 3 is 2.80 bits per heavy atom. The molecule has 0 spiro atoms.